The molecule has 0 aromatic carbocycles. The van der Waals surface area contributed by atoms with Crippen LogP contribution in [0.5, 0.6) is 0 Å². The van der Waals surface area contributed by atoms with Crippen LogP contribution < -0.4 is 5.73 Å². The maximum atomic E-state index is 15.0. The number of nitrogens with zero attached hydrogens (tertiary/aromatic N) is 3. The fraction of sp³-hybridized carbons (Fsp3) is 1.00. The summed E-state index contributed by atoms with van der Waals surface area (Å²) in [5.74, 6) is 0. The number of ether oxygens (including phenoxy) is 1. The van der Waals surface area contributed by atoms with Gasteiger partial charge in [0.15, 0.2) is 0 Å². The highest BCUT2D eigenvalue weighted by molar-refractivity contribution is 5.00. The lowest BCUT2D eigenvalue weighted by Crippen LogP contribution is -2.66. The van der Waals surface area contributed by atoms with E-state index in [0.29, 0.717) is 6.54 Å². The van der Waals surface area contributed by atoms with E-state index in [4.69, 9.17) is 10.5 Å². The Hall–Kier alpha value is -0.270. The molecule has 1 spiro atoms. The van der Waals surface area contributed by atoms with Crippen molar-refractivity contribution < 1.29 is 9.13 Å². The number of alkyl halides is 1. The number of hydrogen-bond acceptors (Lipinski definition) is 5. The molecule has 6 heteroatoms. The van der Waals surface area contributed by atoms with Gasteiger partial charge >= 0.3 is 0 Å². The average Bonchev–Trinajstić information content (AvgIpc) is 2.60. The summed E-state index contributed by atoms with van der Waals surface area (Å²) in [7, 11) is 2.17. The van der Waals surface area contributed by atoms with Gasteiger partial charge in [-0.15, -0.1) is 0 Å². The molecule has 0 radical (unpaired) electrons. The molecule has 3 fully saturated rings. The van der Waals surface area contributed by atoms with Gasteiger partial charge in [-0.3, -0.25) is 9.80 Å². The van der Waals surface area contributed by atoms with Crippen molar-refractivity contribution in [3.05, 3.63) is 0 Å². The Morgan fingerprint density at radius 1 is 1.12 bits per heavy atom. The number of halogens is 1. The minimum absolute atomic E-state index is 0.0145. The first-order valence-corrected chi connectivity index (χ1v) is 10.7. The van der Waals surface area contributed by atoms with Gasteiger partial charge < -0.3 is 15.4 Å². The summed E-state index contributed by atoms with van der Waals surface area (Å²) in [6.07, 6.45) is 6.06. The third-order valence-corrected chi connectivity index (χ3v) is 6.61. The predicted molar refractivity (Wildman–Crippen MR) is 104 cm³/mol. The normalized spacial score (nSPS) is 34.4. The molecule has 26 heavy (non-hydrogen) atoms. The summed E-state index contributed by atoms with van der Waals surface area (Å²) in [5.41, 5.74) is 6.44. The van der Waals surface area contributed by atoms with E-state index >= 15 is 4.39 Å². The number of nitrogens with two attached hydrogens (primary N) is 1. The predicted octanol–water partition coefficient (Wildman–Crippen LogP) is 1.71. The lowest BCUT2D eigenvalue weighted by atomic mass is 9.86. The van der Waals surface area contributed by atoms with Crippen LogP contribution in [0.4, 0.5) is 4.39 Å². The molecule has 0 aliphatic carbocycles. The monoisotopic (exact) mass is 370 g/mol. The first-order valence-electron chi connectivity index (χ1n) is 10.7. The molecule has 0 aromatic heterocycles. The van der Waals surface area contributed by atoms with Crippen LogP contribution in [0, 0.1) is 0 Å². The molecule has 0 bridgehead atoms. The van der Waals surface area contributed by atoms with E-state index in [1.807, 2.05) is 0 Å². The van der Waals surface area contributed by atoms with Crippen LogP contribution in [-0.2, 0) is 4.74 Å². The van der Waals surface area contributed by atoms with Crippen LogP contribution >= 0.6 is 0 Å². The van der Waals surface area contributed by atoms with Gasteiger partial charge in [0.05, 0.1) is 18.2 Å². The minimum Gasteiger partial charge on any atom is -0.372 e. The topological polar surface area (TPSA) is 45.0 Å². The zero-order valence-electron chi connectivity index (χ0n) is 16.8. The fourth-order valence-electron chi connectivity index (χ4n) is 5.11. The first kappa shape index (κ1) is 20.5. The Morgan fingerprint density at radius 3 is 2.54 bits per heavy atom. The molecule has 3 aliphatic heterocycles. The number of morpholine rings is 1. The highest BCUT2D eigenvalue weighted by atomic mass is 19.1. The van der Waals surface area contributed by atoms with Gasteiger partial charge in [-0.1, -0.05) is 26.2 Å². The highest BCUT2D eigenvalue weighted by Gasteiger charge is 2.44. The number of unbranched alkanes of at least 4 members (excludes halogenated alkanes) is 3. The number of piperidine rings is 2. The molecule has 3 atom stereocenters. The number of rotatable bonds is 6. The lowest BCUT2D eigenvalue weighted by molar-refractivity contribution is -0.139. The quantitative estimate of drug-likeness (QED) is 0.721. The molecular formula is C20H39FN4O. The van der Waals surface area contributed by atoms with Crippen LogP contribution in [0.15, 0.2) is 0 Å². The van der Waals surface area contributed by atoms with Crippen LogP contribution in [0.1, 0.15) is 45.4 Å². The summed E-state index contributed by atoms with van der Waals surface area (Å²) in [5, 5.41) is 0. The summed E-state index contributed by atoms with van der Waals surface area (Å²) < 4.78 is 21.1. The second-order valence-electron chi connectivity index (χ2n) is 8.80. The highest BCUT2D eigenvalue weighted by Crippen LogP contribution is 2.32. The van der Waals surface area contributed by atoms with Gasteiger partial charge in [0.1, 0.15) is 6.17 Å². The maximum Gasteiger partial charge on any atom is 0.130 e. The lowest BCUT2D eigenvalue weighted by Gasteiger charge is -2.51. The summed E-state index contributed by atoms with van der Waals surface area (Å²) in [4.78, 5) is 6.92. The summed E-state index contributed by atoms with van der Waals surface area (Å²) in [6, 6.07) is -0.213. The van der Waals surface area contributed by atoms with Gasteiger partial charge in [0.25, 0.3) is 0 Å². The van der Waals surface area contributed by atoms with Crippen LogP contribution in [0.2, 0.25) is 0 Å². The van der Waals surface area contributed by atoms with Crippen molar-refractivity contribution in [3.63, 3.8) is 0 Å². The zero-order valence-corrected chi connectivity index (χ0v) is 16.8. The van der Waals surface area contributed by atoms with E-state index in [1.165, 1.54) is 19.3 Å². The number of likely N-dealkylation sites (tertiary alicyclic amines) is 2. The second-order valence-corrected chi connectivity index (χ2v) is 8.80. The van der Waals surface area contributed by atoms with Gasteiger partial charge in [0.2, 0.25) is 0 Å². The third-order valence-electron chi connectivity index (χ3n) is 6.61. The van der Waals surface area contributed by atoms with Crippen molar-refractivity contribution in [1.82, 2.24) is 14.7 Å². The van der Waals surface area contributed by atoms with E-state index in [9.17, 15) is 0 Å². The van der Waals surface area contributed by atoms with E-state index < -0.39 is 6.17 Å². The molecule has 0 aromatic rings. The Bertz CT molecular complexity index is 418. The molecule has 2 N–H and O–H groups in total. The molecule has 152 valence electrons. The number of likely N-dealkylation sites (N-methyl/N-ethyl adjacent to an activating group) is 1. The maximum absolute atomic E-state index is 15.0. The van der Waals surface area contributed by atoms with E-state index in [1.54, 1.807) is 0 Å². The van der Waals surface area contributed by atoms with E-state index in [0.717, 1.165) is 65.1 Å². The molecule has 3 rings (SSSR count). The molecule has 3 heterocycles. The Morgan fingerprint density at radius 2 is 1.88 bits per heavy atom. The van der Waals surface area contributed by atoms with Crippen LogP contribution in [0.3, 0.4) is 0 Å². The number of hydrogen-bond donors (Lipinski definition) is 1. The SMILES string of the molecule is CCCCCCN1CC(N)C(N2CCC3(CC2)CN(C)CCO3)C(F)C1. The Balaban J connectivity index is 1.48. The van der Waals surface area contributed by atoms with Gasteiger partial charge in [-0.2, -0.15) is 0 Å². The Labute approximate surface area is 159 Å². The van der Waals surface area contributed by atoms with Gasteiger partial charge in [0, 0.05) is 45.3 Å². The third kappa shape index (κ3) is 4.96. The molecule has 3 saturated heterocycles. The van der Waals surface area contributed by atoms with Crippen molar-refractivity contribution in [2.45, 2.75) is 69.3 Å². The largest absolute Gasteiger partial charge is 0.372 e. The first-order chi connectivity index (χ1) is 12.5. The average molecular weight is 371 g/mol. The van der Waals surface area contributed by atoms with Crippen molar-refractivity contribution in [1.29, 1.82) is 0 Å². The molecule has 3 unspecified atom stereocenters. The minimum atomic E-state index is -0.839. The standard InChI is InChI=1S/C20H39FN4O/c1-3-4-5-6-9-24-14-17(21)19(18(22)15-24)25-10-7-20(8-11-25)16-23(2)12-13-26-20/h17-19H,3-16,22H2,1-2H3. The zero-order chi connectivity index (χ0) is 18.6. The molecular weight excluding hydrogens is 331 g/mol. The van der Waals surface area contributed by atoms with E-state index in [2.05, 4.69) is 28.7 Å². The molecule has 5 nitrogen and oxygen atoms in total. The Kier molecular flexibility index (Phi) is 7.31. The van der Waals surface area contributed by atoms with Gasteiger partial charge in [-0.05, 0) is 32.9 Å². The second kappa shape index (κ2) is 9.28. The molecule has 0 amide bonds. The van der Waals surface area contributed by atoms with Crippen molar-refractivity contribution >= 4 is 0 Å². The van der Waals surface area contributed by atoms with Crippen molar-refractivity contribution in [3.8, 4) is 0 Å². The van der Waals surface area contributed by atoms with Crippen LogP contribution in [-0.4, -0.2) is 98.0 Å². The fourth-order valence-corrected chi connectivity index (χ4v) is 5.11. The van der Waals surface area contributed by atoms with Crippen molar-refractivity contribution in [2.24, 2.45) is 5.73 Å². The van der Waals surface area contributed by atoms with Crippen molar-refractivity contribution in [2.75, 3.05) is 59.5 Å². The van der Waals surface area contributed by atoms with Crippen LogP contribution in [0.25, 0.3) is 0 Å². The molecule has 3 aliphatic rings. The van der Waals surface area contributed by atoms with Gasteiger partial charge in [-0.25, -0.2) is 4.39 Å². The summed E-state index contributed by atoms with van der Waals surface area (Å²) >= 11 is 0. The smallest absolute Gasteiger partial charge is 0.130 e. The molecule has 0 saturated carbocycles. The summed E-state index contributed by atoms with van der Waals surface area (Å²) in [6.45, 7) is 9.23. The van der Waals surface area contributed by atoms with E-state index in [-0.39, 0.29) is 17.7 Å².